The number of pyridine rings is 1. The number of aromatic nitrogens is 3. The first-order valence-electron chi connectivity index (χ1n) is 7.32. The number of fused-ring (bicyclic) bond motifs is 5. The number of hydrogen-bond acceptors (Lipinski definition) is 4. The molecule has 0 aromatic carbocycles. The lowest BCUT2D eigenvalue weighted by molar-refractivity contribution is 0.0935. The summed E-state index contributed by atoms with van der Waals surface area (Å²) in [5.41, 5.74) is 10.7. The Bertz CT molecular complexity index is 721. The van der Waals surface area contributed by atoms with Crippen LogP contribution in [0.2, 0.25) is 0 Å². The Morgan fingerprint density at radius 3 is 3.19 bits per heavy atom. The van der Waals surface area contributed by atoms with Crippen LogP contribution in [0.25, 0.3) is 11.3 Å². The molecule has 21 heavy (non-hydrogen) atoms. The van der Waals surface area contributed by atoms with E-state index in [1.54, 1.807) is 6.20 Å². The molecule has 0 radical (unpaired) electrons. The summed E-state index contributed by atoms with van der Waals surface area (Å²) >= 11 is 0. The molecule has 6 heteroatoms. The van der Waals surface area contributed by atoms with Gasteiger partial charge in [0.2, 0.25) is 0 Å². The van der Waals surface area contributed by atoms with E-state index in [1.807, 2.05) is 16.9 Å². The van der Waals surface area contributed by atoms with E-state index in [2.05, 4.69) is 10.3 Å². The maximum absolute atomic E-state index is 12.5. The number of nitrogens with two attached hydrogens (primary N) is 1. The first kappa shape index (κ1) is 12.5. The summed E-state index contributed by atoms with van der Waals surface area (Å²) in [6.45, 7) is 1.19. The van der Waals surface area contributed by atoms with Gasteiger partial charge in [0.25, 0.3) is 5.91 Å². The maximum Gasteiger partial charge on any atom is 0.270 e. The molecular weight excluding hydrogens is 266 g/mol. The lowest BCUT2D eigenvalue weighted by Gasteiger charge is -2.16. The van der Waals surface area contributed by atoms with Gasteiger partial charge in [0.1, 0.15) is 5.69 Å². The third-order valence-corrected chi connectivity index (χ3v) is 4.38. The van der Waals surface area contributed by atoms with Crippen LogP contribution in [0, 0.1) is 0 Å². The van der Waals surface area contributed by atoms with Crippen molar-refractivity contribution in [3.8, 4) is 11.3 Å². The third kappa shape index (κ3) is 1.86. The number of carbonyl (C=O) groups is 1. The lowest BCUT2D eigenvalue weighted by Crippen LogP contribution is -2.39. The highest BCUT2D eigenvalue weighted by Gasteiger charge is 2.30. The number of aryl methyl sites for hydroxylation is 2. The molecular formula is C15H17N5O. The van der Waals surface area contributed by atoms with Crippen LogP contribution >= 0.6 is 0 Å². The first-order valence-corrected chi connectivity index (χ1v) is 7.32. The Morgan fingerprint density at radius 1 is 1.43 bits per heavy atom. The number of hydrogen-bond donors (Lipinski definition) is 2. The zero-order valence-corrected chi connectivity index (χ0v) is 11.7. The van der Waals surface area contributed by atoms with Crippen molar-refractivity contribution in [2.75, 3.05) is 6.54 Å². The molecule has 2 aliphatic rings. The summed E-state index contributed by atoms with van der Waals surface area (Å²) in [6.07, 6.45) is 6.24. The Labute approximate surface area is 122 Å². The number of nitrogens with one attached hydrogen (secondary N) is 1. The van der Waals surface area contributed by atoms with E-state index in [0.29, 0.717) is 12.2 Å². The largest absolute Gasteiger partial charge is 0.347 e. The highest BCUT2D eigenvalue weighted by atomic mass is 16.2. The molecule has 3 heterocycles. The van der Waals surface area contributed by atoms with Crippen LogP contribution in [0.5, 0.6) is 0 Å². The molecule has 2 aromatic rings. The molecule has 0 saturated heterocycles. The average Bonchev–Trinajstić information content (AvgIpc) is 2.82. The molecule has 3 N–H and O–H groups in total. The van der Waals surface area contributed by atoms with E-state index in [0.717, 1.165) is 42.6 Å². The fourth-order valence-electron chi connectivity index (χ4n) is 3.27. The van der Waals surface area contributed by atoms with Crippen molar-refractivity contribution < 1.29 is 4.79 Å². The van der Waals surface area contributed by atoms with E-state index >= 15 is 0 Å². The molecule has 1 aliphatic heterocycles. The molecule has 108 valence electrons. The molecule has 0 spiro atoms. The van der Waals surface area contributed by atoms with E-state index in [1.165, 1.54) is 5.56 Å². The molecule has 1 unspecified atom stereocenters. The molecule has 0 saturated carbocycles. The second kappa shape index (κ2) is 4.66. The van der Waals surface area contributed by atoms with Crippen LogP contribution in [0.4, 0.5) is 0 Å². The van der Waals surface area contributed by atoms with Crippen LogP contribution < -0.4 is 11.1 Å². The van der Waals surface area contributed by atoms with Crippen molar-refractivity contribution in [2.45, 2.75) is 31.8 Å². The highest BCUT2D eigenvalue weighted by molar-refractivity contribution is 5.96. The van der Waals surface area contributed by atoms with Gasteiger partial charge in [-0.1, -0.05) is 0 Å². The number of carbonyl (C=O) groups excluding carboxylic acids is 1. The summed E-state index contributed by atoms with van der Waals surface area (Å²) in [4.78, 5) is 16.7. The summed E-state index contributed by atoms with van der Waals surface area (Å²) in [6, 6.07) is 2.02. The van der Waals surface area contributed by atoms with Crippen LogP contribution in [0.1, 0.15) is 28.0 Å². The van der Waals surface area contributed by atoms with E-state index in [-0.39, 0.29) is 11.9 Å². The SMILES string of the molecule is NCC1CCn2nc3c(c2C(=O)N1)CCc1cnccc1-3. The monoisotopic (exact) mass is 283 g/mol. The van der Waals surface area contributed by atoms with Crippen LogP contribution in [-0.4, -0.2) is 33.3 Å². The molecule has 1 amide bonds. The Hall–Kier alpha value is -2.21. The topological polar surface area (TPSA) is 85.8 Å². The standard InChI is InChI=1S/C15H17N5O/c16-7-10-4-6-20-14(15(21)18-10)12-2-1-9-8-17-5-3-11(9)13(12)19-20/h3,5,8,10H,1-2,4,6-7,16H2,(H,18,21). The number of nitrogens with zero attached hydrogens (tertiary/aromatic N) is 3. The van der Waals surface area contributed by atoms with Gasteiger partial charge in [-0.05, 0) is 30.9 Å². The van der Waals surface area contributed by atoms with Crippen molar-refractivity contribution in [1.82, 2.24) is 20.1 Å². The minimum Gasteiger partial charge on any atom is -0.347 e. The molecule has 1 atom stereocenters. The van der Waals surface area contributed by atoms with E-state index < -0.39 is 0 Å². The smallest absolute Gasteiger partial charge is 0.270 e. The van der Waals surface area contributed by atoms with Crippen LogP contribution in [-0.2, 0) is 19.4 Å². The minimum atomic E-state index is -0.0470. The normalized spacial score (nSPS) is 20.0. The van der Waals surface area contributed by atoms with Gasteiger partial charge < -0.3 is 11.1 Å². The summed E-state index contributed by atoms with van der Waals surface area (Å²) < 4.78 is 1.85. The second-order valence-electron chi connectivity index (χ2n) is 5.63. The van der Waals surface area contributed by atoms with Crippen molar-refractivity contribution in [3.63, 3.8) is 0 Å². The molecule has 1 aliphatic carbocycles. The highest BCUT2D eigenvalue weighted by Crippen LogP contribution is 2.34. The zero-order chi connectivity index (χ0) is 14.4. The van der Waals surface area contributed by atoms with Crippen molar-refractivity contribution in [3.05, 3.63) is 35.3 Å². The van der Waals surface area contributed by atoms with Crippen molar-refractivity contribution >= 4 is 5.91 Å². The minimum absolute atomic E-state index is 0.0370. The average molecular weight is 283 g/mol. The molecule has 6 nitrogen and oxygen atoms in total. The fourth-order valence-corrected chi connectivity index (χ4v) is 3.27. The predicted octanol–water partition coefficient (Wildman–Crippen LogP) is 0.505. The van der Waals surface area contributed by atoms with Crippen LogP contribution in [0.3, 0.4) is 0 Å². The van der Waals surface area contributed by atoms with Gasteiger partial charge in [-0.2, -0.15) is 5.10 Å². The summed E-state index contributed by atoms with van der Waals surface area (Å²) in [5, 5.41) is 7.71. The van der Waals surface area contributed by atoms with Gasteiger partial charge in [0.15, 0.2) is 0 Å². The molecule has 2 aromatic heterocycles. The number of amides is 1. The van der Waals surface area contributed by atoms with Gasteiger partial charge in [-0.3, -0.25) is 14.5 Å². The van der Waals surface area contributed by atoms with Crippen LogP contribution in [0.15, 0.2) is 18.5 Å². The lowest BCUT2D eigenvalue weighted by atomic mass is 9.90. The van der Waals surface area contributed by atoms with E-state index in [9.17, 15) is 4.79 Å². The molecule has 0 bridgehead atoms. The van der Waals surface area contributed by atoms with Gasteiger partial charge in [0.05, 0.1) is 5.69 Å². The fraction of sp³-hybridized carbons (Fsp3) is 0.400. The second-order valence-corrected chi connectivity index (χ2v) is 5.63. The Balaban J connectivity index is 1.84. The predicted molar refractivity (Wildman–Crippen MR) is 77.8 cm³/mol. The van der Waals surface area contributed by atoms with Crippen molar-refractivity contribution in [2.24, 2.45) is 5.73 Å². The molecule has 4 rings (SSSR count). The Morgan fingerprint density at radius 2 is 2.33 bits per heavy atom. The van der Waals surface area contributed by atoms with Gasteiger partial charge in [-0.15, -0.1) is 0 Å². The zero-order valence-electron chi connectivity index (χ0n) is 11.7. The molecule has 0 fully saturated rings. The van der Waals surface area contributed by atoms with Gasteiger partial charge in [-0.25, -0.2) is 0 Å². The van der Waals surface area contributed by atoms with Crippen molar-refractivity contribution in [1.29, 1.82) is 0 Å². The summed E-state index contributed by atoms with van der Waals surface area (Å²) in [7, 11) is 0. The van der Waals surface area contributed by atoms with E-state index in [4.69, 9.17) is 10.8 Å². The third-order valence-electron chi connectivity index (χ3n) is 4.38. The Kier molecular flexibility index (Phi) is 2.78. The maximum atomic E-state index is 12.5. The summed E-state index contributed by atoms with van der Waals surface area (Å²) in [5.74, 6) is -0.0470. The van der Waals surface area contributed by atoms with Gasteiger partial charge in [0, 0.05) is 42.7 Å². The quantitative estimate of drug-likeness (QED) is 0.798. The number of rotatable bonds is 1. The van der Waals surface area contributed by atoms with Gasteiger partial charge >= 0.3 is 0 Å². The first-order chi connectivity index (χ1) is 10.3.